The number of carbonyl (C=O) groups excluding carboxylic acids is 1. The fourth-order valence-corrected chi connectivity index (χ4v) is 3.53. The van der Waals surface area contributed by atoms with Crippen LogP contribution in [0.5, 0.6) is 5.75 Å². The molecular formula is C19H17F3N4O5S. The van der Waals surface area contributed by atoms with E-state index in [1.807, 2.05) is 0 Å². The number of nitro groups is 1. The molecule has 170 valence electrons. The van der Waals surface area contributed by atoms with Gasteiger partial charge in [0, 0.05) is 25.3 Å². The molecule has 0 spiro atoms. The summed E-state index contributed by atoms with van der Waals surface area (Å²) >= 11 is 1.03. The number of nitrogens with zero attached hydrogens (tertiary/aromatic N) is 2. The van der Waals surface area contributed by atoms with Crippen molar-refractivity contribution in [3.8, 4) is 5.75 Å². The average molecular weight is 470 g/mol. The Bertz CT molecular complexity index is 1140. The number of nitrogens with one attached hydrogen (secondary N) is 2. The van der Waals surface area contributed by atoms with Crippen LogP contribution in [0.15, 0.2) is 36.4 Å². The maximum absolute atomic E-state index is 12.6. The first-order chi connectivity index (χ1) is 15.2. The van der Waals surface area contributed by atoms with Crippen molar-refractivity contribution < 1.29 is 32.4 Å². The zero-order valence-electron chi connectivity index (χ0n) is 16.6. The van der Waals surface area contributed by atoms with Crippen LogP contribution in [0.2, 0.25) is 0 Å². The molecule has 0 fully saturated rings. The second-order valence-corrected chi connectivity index (χ2v) is 7.45. The summed E-state index contributed by atoms with van der Waals surface area (Å²) in [5.74, 6) is -0.604. The van der Waals surface area contributed by atoms with E-state index in [1.54, 1.807) is 0 Å². The molecule has 1 amide bonds. The van der Waals surface area contributed by atoms with E-state index in [1.165, 1.54) is 37.4 Å². The number of hydrogen-bond donors (Lipinski definition) is 2. The van der Waals surface area contributed by atoms with Crippen molar-refractivity contribution in [2.45, 2.75) is 6.18 Å². The fraction of sp³-hybridized carbons (Fsp3) is 0.263. The Kier molecular flexibility index (Phi) is 7.10. The lowest BCUT2D eigenvalue weighted by Crippen LogP contribution is -2.19. The predicted molar refractivity (Wildman–Crippen MR) is 113 cm³/mol. The Morgan fingerprint density at radius 3 is 2.72 bits per heavy atom. The van der Waals surface area contributed by atoms with Gasteiger partial charge in [0.25, 0.3) is 11.6 Å². The number of amides is 1. The number of halogens is 3. The molecule has 0 atom stereocenters. The Hall–Kier alpha value is -3.45. The van der Waals surface area contributed by atoms with Crippen LogP contribution >= 0.6 is 11.3 Å². The van der Waals surface area contributed by atoms with Crippen molar-refractivity contribution in [1.29, 1.82) is 0 Å². The lowest BCUT2D eigenvalue weighted by Gasteiger charge is -2.08. The van der Waals surface area contributed by atoms with Gasteiger partial charge in [0.05, 0.1) is 21.7 Å². The lowest BCUT2D eigenvalue weighted by molar-refractivity contribution is -0.384. The number of anilines is 2. The molecule has 2 aromatic carbocycles. The number of alkyl halides is 3. The van der Waals surface area contributed by atoms with Gasteiger partial charge >= 0.3 is 6.18 Å². The molecular weight excluding hydrogens is 453 g/mol. The van der Waals surface area contributed by atoms with Gasteiger partial charge < -0.3 is 14.8 Å². The van der Waals surface area contributed by atoms with Gasteiger partial charge in [-0.3, -0.25) is 20.2 Å². The monoisotopic (exact) mass is 470 g/mol. The number of methoxy groups -OCH3 is 1. The Morgan fingerprint density at radius 2 is 2.03 bits per heavy atom. The molecule has 0 bridgehead atoms. The quantitative estimate of drug-likeness (QED) is 0.270. The molecule has 0 aliphatic carbocycles. The second-order valence-electron chi connectivity index (χ2n) is 6.42. The van der Waals surface area contributed by atoms with Crippen LogP contribution in [0.1, 0.15) is 10.4 Å². The number of benzene rings is 2. The van der Waals surface area contributed by atoms with E-state index in [9.17, 15) is 28.1 Å². The molecule has 3 rings (SSSR count). The van der Waals surface area contributed by atoms with Gasteiger partial charge in [-0.1, -0.05) is 11.3 Å². The van der Waals surface area contributed by atoms with Gasteiger partial charge in [-0.15, -0.1) is 0 Å². The third kappa shape index (κ3) is 6.04. The number of aromatic nitrogens is 1. The van der Waals surface area contributed by atoms with Crippen molar-refractivity contribution in [1.82, 2.24) is 4.98 Å². The molecule has 1 heterocycles. The van der Waals surface area contributed by atoms with Crippen LogP contribution in [-0.4, -0.2) is 48.9 Å². The van der Waals surface area contributed by atoms with E-state index < -0.39 is 23.6 Å². The van der Waals surface area contributed by atoms with E-state index in [4.69, 9.17) is 9.47 Å². The highest BCUT2D eigenvalue weighted by Gasteiger charge is 2.28. The van der Waals surface area contributed by atoms with Crippen molar-refractivity contribution >= 4 is 44.0 Å². The summed E-state index contributed by atoms with van der Waals surface area (Å²) in [4.78, 5) is 27.5. The van der Waals surface area contributed by atoms with Gasteiger partial charge in [-0.25, -0.2) is 4.98 Å². The molecule has 0 saturated heterocycles. The number of carbonyl (C=O) groups is 1. The molecule has 2 N–H and O–H groups in total. The standard InChI is InChI=1S/C19H17F3N4O5S/c1-30-7-6-23-13-4-2-11(8-15(13)26(28)29)17(27)25-18-24-14-5-3-12(9-16(14)32-18)31-10-19(20,21)22/h2-5,8-9,23H,6-7,10H2,1H3,(H,24,25,27). The predicted octanol–water partition coefficient (Wildman–Crippen LogP) is 4.46. The average Bonchev–Trinajstić information content (AvgIpc) is 3.13. The van der Waals surface area contributed by atoms with Gasteiger partial charge in [-0.2, -0.15) is 13.2 Å². The normalized spacial score (nSPS) is 11.4. The topological polar surface area (TPSA) is 116 Å². The molecule has 3 aromatic rings. The highest BCUT2D eigenvalue weighted by atomic mass is 32.1. The maximum atomic E-state index is 12.6. The van der Waals surface area contributed by atoms with Gasteiger partial charge in [-0.05, 0) is 30.3 Å². The van der Waals surface area contributed by atoms with Crippen LogP contribution < -0.4 is 15.4 Å². The van der Waals surface area contributed by atoms with Crippen molar-refractivity contribution in [2.24, 2.45) is 0 Å². The summed E-state index contributed by atoms with van der Waals surface area (Å²) in [6.45, 7) is -0.723. The number of rotatable bonds is 9. The number of thiazole rings is 1. The van der Waals surface area contributed by atoms with E-state index in [0.717, 1.165) is 17.4 Å². The first-order valence-corrected chi connectivity index (χ1v) is 9.90. The summed E-state index contributed by atoms with van der Waals surface area (Å²) < 4.78 is 47.0. The van der Waals surface area contributed by atoms with Crippen LogP contribution in [0, 0.1) is 10.1 Å². The SMILES string of the molecule is COCCNc1ccc(C(=O)Nc2nc3ccc(OCC(F)(F)F)cc3s2)cc1[N+](=O)[O-]. The summed E-state index contributed by atoms with van der Waals surface area (Å²) in [6, 6.07) is 8.19. The number of nitro benzene ring substituents is 1. The van der Waals surface area contributed by atoms with Crippen LogP contribution in [0.4, 0.5) is 29.7 Å². The highest BCUT2D eigenvalue weighted by Crippen LogP contribution is 2.31. The molecule has 32 heavy (non-hydrogen) atoms. The summed E-state index contributed by atoms with van der Waals surface area (Å²) in [7, 11) is 1.50. The summed E-state index contributed by atoms with van der Waals surface area (Å²) in [5.41, 5.74) is 0.468. The minimum atomic E-state index is -4.46. The molecule has 1 aromatic heterocycles. The lowest BCUT2D eigenvalue weighted by atomic mass is 10.1. The molecule has 9 nitrogen and oxygen atoms in total. The maximum Gasteiger partial charge on any atom is 0.422 e. The van der Waals surface area contributed by atoms with E-state index >= 15 is 0 Å². The zero-order chi connectivity index (χ0) is 23.3. The van der Waals surface area contributed by atoms with Crippen molar-refractivity contribution in [3.05, 3.63) is 52.1 Å². The van der Waals surface area contributed by atoms with Crippen LogP contribution in [-0.2, 0) is 4.74 Å². The zero-order valence-corrected chi connectivity index (χ0v) is 17.4. The first kappa shape index (κ1) is 23.2. The number of hydrogen-bond acceptors (Lipinski definition) is 8. The summed E-state index contributed by atoms with van der Waals surface area (Å²) in [5, 5.41) is 17.0. The Labute approximate surface area is 183 Å². The molecule has 0 aliphatic heterocycles. The fourth-order valence-electron chi connectivity index (χ4n) is 2.64. The van der Waals surface area contributed by atoms with E-state index in [0.29, 0.717) is 23.4 Å². The molecule has 13 heteroatoms. The minimum Gasteiger partial charge on any atom is -0.484 e. The van der Waals surface area contributed by atoms with Crippen LogP contribution in [0.3, 0.4) is 0 Å². The van der Waals surface area contributed by atoms with E-state index in [-0.39, 0.29) is 27.8 Å². The number of fused-ring (bicyclic) bond motifs is 1. The Balaban J connectivity index is 1.74. The third-order valence-electron chi connectivity index (χ3n) is 4.06. The minimum absolute atomic E-state index is 0.0172. The molecule has 0 unspecified atom stereocenters. The molecule has 0 saturated carbocycles. The third-order valence-corrected chi connectivity index (χ3v) is 4.99. The van der Waals surface area contributed by atoms with Gasteiger partial charge in [0.15, 0.2) is 11.7 Å². The molecule has 0 aliphatic rings. The second kappa shape index (κ2) is 9.78. The highest BCUT2D eigenvalue weighted by molar-refractivity contribution is 7.22. The Morgan fingerprint density at radius 1 is 1.25 bits per heavy atom. The largest absolute Gasteiger partial charge is 0.484 e. The van der Waals surface area contributed by atoms with E-state index in [2.05, 4.69) is 15.6 Å². The van der Waals surface area contributed by atoms with Gasteiger partial charge in [0.1, 0.15) is 11.4 Å². The smallest absolute Gasteiger partial charge is 0.422 e. The summed E-state index contributed by atoms with van der Waals surface area (Å²) in [6.07, 6.45) is -4.46. The van der Waals surface area contributed by atoms with Crippen molar-refractivity contribution in [3.63, 3.8) is 0 Å². The van der Waals surface area contributed by atoms with Crippen molar-refractivity contribution in [2.75, 3.05) is 37.5 Å². The first-order valence-electron chi connectivity index (χ1n) is 9.09. The van der Waals surface area contributed by atoms with Crippen LogP contribution in [0.25, 0.3) is 10.2 Å². The number of ether oxygens (including phenoxy) is 2. The van der Waals surface area contributed by atoms with Gasteiger partial charge in [0.2, 0.25) is 0 Å². The molecule has 0 radical (unpaired) electrons.